The molecule has 11 heteroatoms. The van der Waals surface area contributed by atoms with Gasteiger partial charge in [0.1, 0.15) is 18.1 Å². The van der Waals surface area contributed by atoms with E-state index in [0.717, 1.165) is 5.69 Å². The molecule has 0 unspecified atom stereocenters. The van der Waals surface area contributed by atoms with Gasteiger partial charge >= 0.3 is 0 Å². The molecule has 4 rings (SSSR count). The number of nitrogens with one attached hydrogen (secondary N) is 2. The molecule has 0 aliphatic rings. The van der Waals surface area contributed by atoms with Crippen LogP contribution in [0.5, 0.6) is 0 Å². The molecule has 0 saturated heterocycles. The summed E-state index contributed by atoms with van der Waals surface area (Å²) < 4.78 is 7.03. The van der Waals surface area contributed by atoms with Gasteiger partial charge in [0.2, 0.25) is 11.7 Å². The van der Waals surface area contributed by atoms with E-state index >= 15 is 0 Å². The van der Waals surface area contributed by atoms with Gasteiger partial charge in [-0.1, -0.05) is 19.0 Å². The molecule has 0 aliphatic carbocycles. The summed E-state index contributed by atoms with van der Waals surface area (Å²) in [5.74, 6) is 0.901. The van der Waals surface area contributed by atoms with Gasteiger partial charge in [0, 0.05) is 18.6 Å². The van der Waals surface area contributed by atoms with E-state index in [-0.39, 0.29) is 23.3 Å². The summed E-state index contributed by atoms with van der Waals surface area (Å²) in [4.78, 5) is 25.4. The molecule has 1 amide bonds. The maximum Gasteiger partial charge on any atom is 0.270 e. The van der Waals surface area contributed by atoms with Crippen molar-refractivity contribution in [2.45, 2.75) is 26.3 Å². The first-order chi connectivity index (χ1) is 14.1. The minimum Gasteiger partial charge on any atom is -0.339 e. The van der Waals surface area contributed by atoms with Crippen LogP contribution in [0.4, 0.5) is 0 Å². The summed E-state index contributed by atoms with van der Waals surface area (Å²) >= 11 is 0. The van der Waals surface area contributed by atoms with Crippen LogP contribution >= 0.6 is 0 Å². The van der Waals surface area contributed by atoms with Gasteiger partial charge < -0.3 is 9.84 Å². The number of hydrogen-bond donors (Lipinski definition) is 2. The van der Waals surface area contributed by atoms with Gasteiger partial charge in [0.25, 0.3) is 5.91 Å². The lowest BCUT2D eigenvalue weighted by Crippen LogP contribution is -2.30. The third-order valence-electron chi connectivity index (χ3n) is 4.12. The van der Waals surface area contributed by atoms with Gasteiger partial charge in [-0.2, -0.15) is 15.2 Å². The summed E-state index contributed by atoms with van der Waals surface area (Å²) in [5, 5.41) is 17.5. The lowest BCUT2D eigenvalue weighted by molar-refractivity contribution is 0.0917. The monoisotopic (exact) mass is 393 g/mol. The first-order valence-corrected chi connectivity index (χ1v) is 9.06. The Bertz CT molecular complexity index is 1070. The zero-order chi connectivity index (χ0) is 20.2. The summed E-state index contributed by atoms with van der Waals surface area (Å²) in [6.45, 7) is 4.09. The Hall–Kier alpha value is -3.89. The SMILES string of the molecule is CC(C)C[C@@H](NC(=O)c1cc(-n2cccn2)ccn1)c1nc(-c2ncn[nH]2)no1. The van der Waals surface area contributed by atoms with Gasteiger partial charge in [0.15, 0.2) is 5.82 Å². The second-order valence-corrected chi connectivity index (χ2v) is 6.80. The molecule has 4 aromatic heterocycles. The van der Waals surface area contributed by atoms with Crippen LogP contribution in [0.25, 0.3) is 17.3 Å². The van der Waals surface area contributed by atoms with E-state index in [1.165, 1.54) is 6.33 Å². The van der Waals surface area contributed by atoms with Crippen LogP contribution in [0.2, 0.25) is 0 Å². The number of carbonyl (C=O) groups excluding carboxylic acids is 1. The molecule has 0 saturated carbocycles. The van der Waals surface area contributed by atoms with Gasteiger partial charge in [-0.15, -0.1) is 0 Å². The predicted octanol–water partition coefficient (Wildman–Crippen LogP) is 1.95. The first kappa shape index (κ1) is 18.5. The molecule has 1 atom stereocenters. The van der Waals surface area contributed by atoms with E-state index in [1.807, 2.05) is 13.8 Å². The highest BCUT2D eigenvalue weighted by Gasteiger charge is 2.24. The number of aromatic nitrogens is 8. The average molecular weight is 393 g/mol. The lowest BCUT2D eigenvalue weighted by atomic mass is 10.0. The topological polar surface area (TPSA) is 140 Å². The standard InChI is InChI=1S/C18H19N9O2/c1-11(2)8-14(18-24-16(26-29-18)15-20-10-21-25-15)23-17(28)13-9-12(4-6-19-13)27-7-3-5-22-27/h3-7,9-11,14H,8H2,1-2H3,(H,23,28)(H,20,21,25)/t14-/m1/s1. The smallest absolute Gasteiger partial charge is 0.270 e. The van der Waals surface area contributed by atoms with Crippen LogP contribution in [-0.4, -0.2) is 46.0 Å². The van der Waals surface area contributed by atoms with E-state index in [0.29, 0.717) is 18.1 Å². The number of amides is 1. The zero-order valence-corrected chi connectivity index (χ0v) is 15.9. The van der Waals surface area contributed by atoms with Crippen molar-refractivity contribution in [2.75, 3.05) is 0 Å². The molecule has 4 heterocycles. The Labute approximate surface area is 165 Å². The maximum absolute atomic E-state index is 12.8. The third-order valence-corrected chi connectivity index (χ3v) is 4.12. The lowest BCUT2D eigenvalue weighted by Gasteiger charge is -2.17. The third kappa shape index (κ3) is 4.18. The van der Waals surface area contributed by atoms with Crippen molar-refractivity contribution in [3.63, 3.8) is 0 Å². The van der Waals surface area contributed by atoms with E-state index < -0.39 is 6.04 Å². The Morgan fingerprint density at radius 3 is 2.93 bits per heavy atom. The number of H-pyrrole nitrogens is 1. The molecule has 0 fully saturated rings. The fourth-order valence-electron chi connectivity index (χ4n) is 2.82. The molecule has 0 spiro atoms. The van der Waals surface area contributed by atoms with Crippen molar-refractivity contribution >= 4 is 5.91 Å². The summed E-state index contributed by atoms with van der Waals surface area (Å²) in [7, 11) is 0. The van der Waals surface area contributed by atoms with Crippen LogP contribution in [0.1, 0.15) is 42.7 Å². The second kappa shape index (κ2) is 8.00. The highest BCUT2D eigenvalue weighted by molar-refractivity contribution is 5.92. The largest absolute Gasteiger partial charge is 0.339 e. The highest BCUT2D eigenvalue weighted by Crippen LogP contribution is 2.22. The molecule has 0 aliphatic heterocycles. The van der Waals surface area contributed by atoms with Crippen molar-refractivity contribution in [3.05, 3.63) is 54.7 Å². The quantitative estimate of drug-likeness (QED) is 0.485. The number of pyridine rings is 1. The van der Waals surface area contributed by atoms with Crippen molar-refractivity contribution in [1.82, 2.24) is 45.4 Å². The molecule has 11 nitrogen and oxygen atoms in total. The van der Waals surface area contributed by atoms with E-state index in [4.69, 9.17) is 4.52 Å². The van der Waals surface area contributed by atoms with Crippen molar-refractivity contribution in [2.24, 2.45) is 5.92 Å². The van der Waals surface area contributed by atoms with E-state index in [2.05, 4.69) is 40.7 Å². The molecule has 4 aromatic rings. The van der Waals surface area contributed by atoms with Gasteiger partial charge in [-0.3, -0.25) is 14.9 Å². The van der Waals surface area contributed by atoms with Crippen molar-refractivity contribution in [3.8, 4) is 17.3 Å². The Morgan fingerprint density at radius 2 is 2.21 bits per heavy atom. The number of rotatable bonds is 7. The summed E-state index contributed by atoms with van der Waals surface area (Å²) in [6, 6.07) is 4.78. The van der Waals surface area contributed by atoms with Crippen LogP contribution in [0.15, 0.2) is 47.6 Å². The van der Waals surface area contributed by atoms with Crippen LogP contribution in [0, 0.1) is 5.92 Å². The van der Waals surface area contributed by atoms with Crippen LogP contribution < -0.4 is 5.32 Å². The van der Waals surface area contributed by atoms with Crippen molar-refractivity contribution < 1.29 is 9.32 Å². The van der Waals surface area contributed by atoms with Crippen LogP contribution in [0.3, 0.4) is 0 Å². The Morgan fingerprint density at radius 1 is 1.31 bits per heavy atom. The Balaban J connectivity index is 1.55. The van der Waals surface area contributed by atoms with E-state index in [9.17, 15) is 4.79 Å². The normalized spacial score (nSPS) is 12.2. The predicted molar refractivity (Wildman–Crippen MR) is 101 cm³/mol. The number of nitrogens with zero attached hydrogens (tertiary/aromatic N) is 7. The van der Waals surface area contributed by atoms with Gasteiger partial charge in [0.05, 0.1) is 5.69 Å². The molecular formula is C18H19N9O2. The van der Waals surface area contributed by atoms with Gasteiger partial charge in [-0.25, -0.2) is 9.67 Å². The summed E-state index contributed by atoms with van der Waals surface area (Å²) in [5.41, 5.74) is 1.00. The number of hydrogen-bond acceptors (Lipinski definition) is 8. The average Bonchev–Trinajstić information content (AvgIpc) is 3.49. The fraction of sp³-hybridized carbons (Fsp3) is 0.278. The van der Waals surface area contributed by atoms with Gasteiger partial charge in [-0.05, 0) is 30.5 Å². The van der Waals surface area contributed by atoms with Crippen LogP contribution in [-0.2, 0) is 0 Å². The summed E-state index contributed by atoms with van der Waals surface area (Å²) in [6.07, 6.45) is 7.00. The number of aromatic amines is 1. The minimum atomic E-state index is -0.471. The Kier molecular flexibility index (Phi) is 5.10. The number of carbonyl (C=O) groups is 1. The molecule has 148 valence electrons. The molecular weight excluding hydrogens is 374 g/mol. The van der Waals surface area contributed by atoms with Crippen molar-refractivity contribution in [1.29, 1.82) is 0 Å². The maximum atomic E-state index is 12.8. The molecule has 29 heavy (non-hydrogen) atoms. The first-order valence-electron chi connectivity index (χ1n) is 9.06. The second-order valence-electron chi connectivity index (χ2n) is 6.80. The zero-order valence-electron chi connectivity index (χ0n) is 15.9. The van der Waals surface area contributed by atoms with E-state index in [1.54, 1.807) is 41.5 Å². The molecule has 2 N–H and O–H groups in total. The highest BCUT2D eigenvalue weighted by atomic mass is 16.5. The fourth-order valence-corrected chi connectivity index (χ4v) is 2.82. The minimum absolute atomic E-state index is 0.265. The molecule has 0 bridgehead atoms. The molecule has 0 aromatic carbocycles. The molecule has 0 radical (unpaired) electrons.